The van der Waals surface area contributed by atoms with Crippen LogP contribution in [0.3, 0.4) is 0 Å². The minimum atomic E-state index is -1.44. The number of benzene rings is 2. The lowest BCUT2D eigenvalue weighted by molar-refractivity contribution is -0.150. The Labute approximate surface area is 288 Å². The summed E-state index contributed by atoms with van der Waals surface area (Å²) in [6.45, 7) is 5.99. The van der Waals surface area contributed by atoms with Gasteiger partial charge in [-0.2, -0.15) is 0 Å². The first kappa shape index (κ1) is 38.9. The number of likely N-dealkylation sites (tertiary alicyclic amines) is 1. The van der Waals surface area contributed by atoms with Gasteiger partial charge in [-0.05, 0) is 69.5 Å². The number of hydrogen-bond donors (Lipinski definition) is 7. The van der Waals surface area contributed by atoms with Crippen molar-refractivity contribution in [1.29, 1.82) is 0 Å². The first-order chi connectivity index (χ1) is 23.4. The molecule has 2 aromatic rings. The predicted octanol–water partition coefficient (Wildman–Crippen LogP) is 0.752. The van der Waals surface area contributed by atoms with Crippen molar-refractivity contribution in [2.45, 2.75) is 94.0 Å². The van der Waals surface area contributed by atoms with Gasteiger partial charge in [-0.3, -0.25) is 24.0 Å². The number of nitrogens with one attached hydrogen (secondary N) is 3. The number of nitrogens with two attached hydrogens (primary N) is 3. The molecule has 0 aromatic heterocycles. The number of aliphatic carboxylic acids is 1. The van der Waals surface area contributed by atoms with Crippen molar-refractivity contribution in [3.05, 3.63) is 84.4 Å². The maximum atomic E-state index is 13.8. The normalized spacial score (nSPS) is 19.8. The molecule has 2 aromatic carbocycles. The molecule has 0 bridgehead atoms. The second-order valence-electron chi connectivity index (χ2n) is 12.8. The van der Waals surface area contributed by atoms with Gasteiger partial charge in [0, 0.05) is 19.0 Å². The Morgan fingerprint density at radius 3 is 2.00 bits per heavy atom. The Morgan fingerprint density at radius 2 is 1.45 bits per heavy atom. The predicted molar refractivity (Wildman–Crippen MR) is 187 cm³/mol. The Morgan fingerprint density at radius 1 is 0.898 bits per heavy atom. The van der Waals surface area contributed by atoms with Crippen LogP contribution < -0.4 is 33.2 Å². The summed E-state index contributed by atoms with van der Waals surface area (Å²) >= 11 is 0. The summed E-state index contributed by atoms with van der Waals surface area (Å²) in [5, 5.41) is 17.9. The molecule has 0 saturated carbocycles. The van der Waals surface area contributed by atoms with Gasteiger partial charge in [0.25, 0.3) is 0 Å². The summed E-state index contributed by atoms with van der Waals surface area (Å²) in [6.07, 6.45) is 3.55. The van der Waals surface area contributed by atoms with Crippen molar-refractivity contribution in [2.75, 3.05) is 13.1 Å². The zero-order valence-electron chi connectivity index (χ0n) is 28.2. The number of carbonyl (C=O) groups is 5. The van der Waals surface area contributed by atoms with E-state index in [0.29, 0.717) is 25.8 Å². The van der Waals surface area contributed by atoms with Crippen LogP contribution in [-0.2, 0) is 36.8 Å². The molecule has 1 aliphatic heterocycles. The standard InChI is InChI=1S/C36H51N7O6/c1-3-12-28(32(45)41-29(17-10-11-19-37)34(47)43-20-18-36(39,35(48)49)23-24(43)2)40-33(46)30(22-26-15-8-5-9-16-26)42-31(44)27(38)21-25-13-6-4-7-14-25/h3-9,13-16,24,27-30H,1,10-12,17-23,37-39H2,2H3,(H,40,46)(H,41,45)(H,42,44)(H,48,49)/t24?,27-,28-,29-,30-,36?/m1/s1. The Kier molecular flexibility index (Phi) is 14.9. The first-order valence-electron chi connectivity index (χ1n) is 16.8. The maximum absolute atomic E-state index is 13.8. The van der Waals surface area contributed by atoms with Gasteiger partial charge in [-0.25, -0.2) is 0 Å². The third-order valence-electron chi connectivity index (χ3n) is 8.85. The summed E-state index contributed by atoms with van der Waals surface area (Å²) in [7, 11) is 0. The van der Waals surface area contributed by atoms with Crippen molar-refractivity contribution >= 4 is 29.6 Å². The lowest BCUT2D eigenvalue weighted by atomic mass is 9.84. The summed E-state index contributed by atoms with van der Waals surface area (Å²) in [5.74, 6) is -3.21. The number of rotatable bonds is 18. The van der Waals surface area contributed by atoms with E-state index in [1.54, 1.807) is 11.8 Å². The molecule has 4 amide bonds. The molecule has 13 heteroatoms. The highest BCUT2D eigenvalue weighted by molar-refractivity contribution is 5.95. The first-order valence-corrected chi connectivity index (χ1v) is 16.8. The molecule has 13 nitrogen and oxygen atoms in total. The van der Waals surface area contributed by atoms with Gasteiger partial charge in [-0.15, -0.1) is 6.58 Å². The fourth-order valence-electron chi connectivity index (χ4n) is 5.99. The number of piperidine rings is 1. The van der Waals surface area contributed by atoms with Crippen LogP contribution in [0.5, 0.6) is 0 Å². The van der Waals surface area contributed by atoms with Crippen molar-refractivity contribution < 1.29 is 29.1 Å². The molecule has 10 N–H and O–H groups in total. The molecule has 2 unspecified atom stereocenters. The van der Waals surface area contributed by atoms with E-state index < -0.39 is 59.4 Å². The molecular formula is C36H51N7O6. The molecule has 0 spiro atoms. The highest BCUT2D eigenvalue weighted by Gasteiger charge is 2.43. The molecule has 49 heavy (non-hydrogen) atoms. The van der Waals surface area contributed by atoms with E-state index in [9.17, 15) is 29.1 Å². The van der Waals surface area contributed by atoms with Gasteiger partial charge in [0.1, 0.15) is 23.7 Å². The third kappa shape index (κ3) is 11.5. The third-order valence-corrected chi connectivity index (χ3v) is 8.85. The number of unbranched alkanes of at least 4 members (excludes halogenated alkanes) is 1. The Bertz CT molecular complexity index is 1430. The number of carbonyl (C=O) groups excluding carboxylic acids is 4. The monoisotopic (exact) mass is 677 g/mol. The van der Waals surface area contributed by atoms with Crippen LogP contribution in [0.4, 0.5) is 0 Å². The zero-order valence-corrected chi connectivity index (χ0v) is 28.2. The summed E-state index contributed by atoms with van der Waals surface area (Å²) in [4.78, 5) is 67.7. The SMILES string of the molecule is C=CC[C@@H](NC(=O)[C@@H](Cc1ccccc1)NC(=O)[C@H](N)Cc1ccccc1)C(=O)N[C@H](CCCCN)C(=O)N1CCC(N)(C(=O)O)CC1C. The zero-order chi connectivity index (χ0) is 36.0. The minimum Gasteiger partial charge on any atom is -0.480 e. The molecule has 6 atom stereocenters. The quantitative estimate of drug-likeness (QED) is 0.0872. The van der Waals surface area contributed by atoms with E-state index >= 15 is 0 Å². The van der Waals surface area contributed by atoms with E-state index in [1.165, 1.54) is 6.08 Å². The van der Waals surface area contributed by atoms with Crippen molar-refractivity contribution in [1.82, 2.24) is 20.9 Å². The van der Waals surface area contributed by atoms with E-state index in [4.69, 9.17) is 17.2 Å². The number of nitrogens with zero attached hydrogens (tertiary/aromatic N) is 1. The molecule has 1 saturated heterocycles. The van der Waals surface area contributed by atoms with Gasteiger partial charge >= 0.3 is 5.97 Å². The Balaban J connectivity index is 1.76. The van der Waals surface area contributed by atoms with Crippen molar-refractivity contribution in [3.63, 3.8) is 0 Å². The van der Waals surface area contributed by atoms with Crippen LogP contribution in [-0.4, -0.2) is 88.4 Å². The summed E-state index contributed by atoms with van der Waals surface area (Å²) < 4.78 is 0. The van der Waals surface area contributed by atoms with Crippen molar-refractivity contribution in [3.8, 4) is 0 Å². The largest absolute Gasteiger partial charge is 0.480 e. The second-order valence-corrected chi connectivity index (χ2v) is 12.8. The van der Waals surface area contributed by atoms with Gasteiger partial charge in [0.15, 0.2) is 0 Å². The van der Waals surface area contributed by atoms with Crippen LogP contribution in [0.2, 0.25) is 0 Å². The summed E-state index contributed by atoms with van der Waals surface area (Å²) in [5.41, 5.74) is 18.2. The van der Waals surface area contributed by atoms with Crippen LogP contribution >= 0.6 is 0 Å². The number of carboxylic acids is 1. The highest BCUT2D eigenvalue weighted by atomic mass is 16.4. The van der Waals surface area contributed by atoms with E-state index in [1.807, 2.05) is 60.7 Å². The lowest BCUT2D eigenvalue weighted by Gasteiger charge is -2.42. The fourth-order valence-corrected chi connectivity index (χ4v) is 5.99. The highest BCUT2D eigenvalue weighted by Crippen LogP contribution is 2.26. The summed E-state index contributed by atoms with van der Waals surface area (Å²) in [6, 6.07) is 13.9. The molecule has 3 rings (SSSR count). The topological polar surface area (TPSA) is 223 Å². The number of carboxylic acid groups (broad SMARTS) is 1. The number of amides is 4. The van der Waals surface area contributed by atoms with Crippen LogP contribution in [0.15, 0.2) is 73.3 Å². The van der Waals surface area contributed by atoms with Crippen molar-refractivity contribution in [2.24, 2.45) is 17.2 Å². The van der Waals surface area contributed by atoms with Gasteiger partial charge < -0.3 is 43.2 Å². The van der Waals surface area contributed by atoms with E-state index in [2.05, 4.69) is 22.5 Å². The fraction of sp³-hybridized carbons (Fsp3) is 0.472. The van der Waals surface area contributed by atoms with Crippen LogP contribution in [0, 0.1) is 0 Å². The molecule has 1 aliphatic rings. The number of hydrogen-bond acceptors (Lipinski definition) is 8. The van der Waals surface area contributed by atoms with E-state index in [0.717, 1.165) is 11.1 Å². The van der Waals surface area contributed by atoms with Gasteiger partial charge in [-0.1, -0.05) is 66.7 Å². The molecular weight excluding hydrogens is 626 g/mol. The second kappa shape index (κ2) is 18.8. The van der Waals surface area contributed by atoms with Crippen LogP contribution in [0.1, 0.15) is 56.6 Å². The lowest BCUT2D eigenvalue weighted by Crippen LogP contribution is -2.62. The molecule has 0 radical (unpaired) electrons. The van der Waals surface area contributed by atoms with E-state index in [-0.39, 0.29) is 44.6 Å². The van der Waals surface area contributed by atoms with Gasteiger partial charge in [0.05, 0.1) is 6.04 Å². The Hall–Kier alpha value is -4.59. The average Bonchev–Trinajstić information content (AvgIpc) is 3.07. The molecule has 266 valence electrons. The van der Waals surface area contributed by atoms with Crippen LogP contribution in [0.25, 0.3) is 0 Å². The van der Waals surface area contributed by atoms with Gasteiger partial charge in [0.2, 0.25) is 23.6 Å². The smallest absolute Gasteiger partial charge is 0.323 e. The molecule has 1 heterocycles. The minimum absolute atomic E-state index is 0.0508. The maximum Gasteiger partial charge on any atom is 0.323 e. The average molecular weight is 678 g/mol. The molecule has 0 aliphatic carbocycles. The molecule has 1 fully saturated rings.